The van der Waals surface area contributed by atoms with E-state index in [1.54, 1.807) is 6.07 Å². The molecule has 1 rings (SSSR count). The standard InChI is InChI=1S/C14H18N4O5/c15-17-16-7-3-1-2-4-14(20)23-10-11-5-6-12(9-19)13(8-11)18(21)22/h5-6,8,19H,1-4,7,9-10H2. The molecule has 0 saturated carbocycles. The molecular formula is C14H18N4O5. The molecule has 0 atom stereocenters. The molecule has 1 aromatic rings. The van der Waals surface area contributed by atoms with Gasteiger partial charge in [-0.05, 0) is 30.0 Å². The minimum Gasteiger partial charge on any atom is -0.461 e. The predicted octanol–water partition coefficient (Wildman–Crippen LogP) is 3.00. The molecule has 9 nitrogen and oxygen atoms in total. The summed E-state index contributed by atoms with van der Waals surface area (Å²) < 4.78 is 5.06. The average molecular weight is 322 g/mol. The highest BCUT2D eigenvalue weighted by molar-refractivity contribution is 5.69. The Hall–Kier alpha value is -2.64. The number of ether oxygens (including phenoxy) is 1. The molecular weight excluding hydrogens is 304 g/mol. The second kappa shape index (κ2) is 10.1. The van der Waals surface area contributed by atoms with Crippen molar-refractivity contribution >= 4 is 11.7 Å². The Balaban J connectivity index is 2.39. The normalized spacial score (nSPS) is 9.96. The van der Waals surface area contributed by atoms with Crippen molar-refractivity contribution in [3.63, 3.8) is 0 Å². The van der Waals surface area contributed by atoms with Gasteiger partial charge in [0.25, 0.3) is 5.69 Å². The first-order valence-corrected chi connectivity index (χ1v) is 7.12. The Kier molecular flexibility index (Phi) is 8.12. The Morgan fingerprint density at radius 3 is 2.83 bits per heavy atom. The molecule has 23 heavy (non-hydrogen) atoms. The van der Waals surface area contributed by atoms with Crippen LogP contribution in [0.3, 0.4) is 0 Å². The number of nitro benzene ring substituents is 1. The van der Waals surface area contributed by atoms with E-state index in [0.717, 1.165) is 6.42 Å². The second-order valence-electron chi connectivity index (χ2n) is 4.80. The summed E-state index contributed by atoms with van der Waals surface area (Å²) >= 11 is 0. The molecule has 0 aliphatic heterocycles. The van der Waals surface area contributed by atoms with Crippen LogP contribution >= 0.6 is 0 Å². The highest BCUT2D eigenvalue weighted by atomic mass is 16.6. The maximum atomic E-state index is 11.6. The van der Waals surface area contributed by atoms with Crippen LogP contribution in [0.1, 0.15) is 36.8 Å². The van der Waals surface area contributed by atoms with Gasteiger partial charge in [0.1, 0.15) is 6.61 Å². The summed E-state index contributed by atoms with van der Waals surface area (Å²) in [7, 11) is 0. The van der Waals surface area contributed by atoms with E-state index in [1.165, 1.54) is 12.1 Å². The van der Waals surface area contributed by atoms with Crippen LogP contribution in [-0.2, 0) is 22.7 Å². The molecule has 124 valence electrons. The average Bonchev–Trinajstić information content (AvgIpc) is 2.55. The smallest absolute Gasteiger partial charge is 0.306 e. The van der Waals surface area contributed by atoms with Crippen molar-refractivity contribution in [3.05, 3.63) is 49.9 Å². The lowest BCUT2D eigenvalue weighted by Gasteiger charge is -2.06. The Bertz CT molecular complexity index is 599. The van der Waals surface area contributed by atoms with E-state index in [9.17, 15) is 14.9 Å². The van der Waals surface area contributed by atoms with Gasteiger partial charge in [-0.2, -0.15) is 0 Å². The first-order chi connectivity index (χ1) is 11.1. The molecule has 0 aliphatic carbocycles. The number of nitro groups is 1. The van der Waals surface area contributed by atoms with Gasteiger partial charge in [-0.1, -0.05) is 17.6 Å². The van der Waals surface area contributed by atoms with Crippen molar-refractivity contribution < 1.29 is 19.6 Å². The first kappa shape index (κ1) is 18.4. The van der Waals surface area contributed by atoms with Gasteiger partial charge < -0.3 is 9.84 Å². The fraction of sp³-hybridized carbons (Fsp3) is 0.500. The molecule has 0 aliphatic rings. The SMILES string of the molecule is [N-]=[N+]=NCCCCCC(=O)OCc1ccc(CO)c([N+](=O)[O-])c1. The maximum Gasteiger partial charge on any atom is 0.306 e. The van der Waals surface area contributed by atoms with E-state index in [-0.39, 0.29) is 30.2 Å². The van der Waals surface area contributed by atoms with Crippen LogP contribution in [0.15, 0.2) is 23.3 Å². The van der Waals surface area contributed by atoms with Crippen molar-refractivity contribution in [1.82, 2.24) is 0 Å². The van der Waals surface area contributed by atoms with E-state index in [2.05, 4.69) is 10.0 Å². The molecule has 0 amide bonds. The zero-order valence-electron chi connectivity index (χ0n) is 12.6. The lowest BCUT2D eigenvalue weighted by molar-refractivity contribution is -0.385. The second-order valence-corrected chi connectivity index (χ2v) is 4.80. The summed E-state index contributed by atoms with van der Waals surface area (Å²) in [5.74, 6) is -0.386. The predicted molar refractivity (Wildman–Crippen MR) is 81.3 cm³/mol. The summed E-state index contributed by atoms with van der Waals surface area (Å²) in [6.07, 6.45) is 2.34. The fourth-order valence-corrected chi connectivity index (χ4v) is 1.91. The minimum absolute atomic E-state index is 0.0515. The summed E-state index contributed by atoms with van der Waals surface area (Å²) in [4.78, 5) is 24.5. The van der Waals surface area contributed by atoms with E-state index in [4.69, 9.17) is 15.4 Å². The molecule has 1 aromatic carbocycles. The van der Waals surface area contributed by atoms with Gasteiger partial charge in [-0.3, -0.25) is 14.9 Å². The number of carbonyl (C=O) groups excluding carboxylic acids is 1. The number of esters is 1. The molecule has 0 aromatic heterocycles. The molecule has 1 N–H and O–H groups in total. The molecule has 0 heterocycles. The lowest BCUT2D eigenvalue weighted by atomic mass is 10.1. The van der Waals surface area contributed by atoms with E-state index in [0.29, 0.717) is 24.9 Å². The summed E-state index contributed by atoms with van der Waals surface area (Å²) in [5, 5.41) is 23.3. The van der Waals surface area contributed by atoms with Gasteiger partial charge in [-0.15, -0.1) is 0 Å². The van der Waals surface area contributed by atoms with Crippen LogP contribution in [0.5, 0.6) is 0 Å². The van der Waals surface area contributed by atoms with Crippen molar-refractivity contribution in [2.45, 2.75) is 38.9 Å². The fourth-order valence-electron chi connectivity index (χ4n) is 1.91. The van der Waals surface area contributed by atoms with E-state index < -0.39 is 11.5 Å². The number of hydrogen-bond acceptors (Lipinski definition) is 6. The Labute approximate surface area is 132 Å². The Morgan fingerprint density at radius 2 is 2.17 bits per heavy atom. The number of benzene rings is 1. The molecule has 0 radical (unpaired) electrons. The van der Waals surface area contributed by atoms with Gasteiger partial charge >= 0.3 is 5.97 Å². The summed E-state index contributed by atoms with van der Waals surface area (Å²) in [5.41, 5.74) is 8.61. The van der Waals surface area contributed by atoms with Gasteiger partial charge in [-0.25, -0.2) is 0 Å². The minimum atomic E-state index is -0.583. The van der Waals surface area contributed by atoms with E-state index >= 15 is 0 Å². The third-order valence-corrected chi connectivity index (χ3v) is 3.12. The van der Waals surface area contributed by atoms with Crippen LogP contribution in [-0.4, -0.2) is 22.5 Å². The van der Waals surface area contributed by atoms with Crippen LogP contribution in [0.4, 0.5) is 5.69 Å². The highest BCUT2D eigenvalue weighted by Gasteiger charge is 2.14. The van der Waals surface area contributed by atoms with Gasteiger partial charge in [0.05, 0.1) is 17.1 Å². The third kappa shape index (κ3) is 6.77. The van der Waals surface area contributed by atoms with Gasteiger partial charge in [0.15, 0.2) is 0 Å². The summed E-state index contributed by atoms with van der Waals surface area (Å²) in [6.45, 7) is -0.0667. The van der Waals surface area contributed by atoms with Crippen molar-refractivity contribution in [2.75, 3.05) is 6.54 Å². The van der Waals surface area contributed by atoms with E-state index in [1.807, 2.05) is 0 Å². The quantitative estimate of drug-likeness (QED) is 0.134. The number of aliphatic hydroxyl groups excluding tert-OH is 1. The summed E-state index contributed by atoms with van der Waals surface area (Å²) in [6, 6.07) is 4.31. The number of azide groups is 1. The van der Waals surface area contributed by atoms with Crippen molar-refractivity contribution in [3.8, 4) is 0 Å². The number of hydrogen-bond donors (Lipinski definition) is 1. The van der Waals surface area contributed by atoms with Crippen LogP contribution in [0.2, 0.25) is 0 Å². The van der Waals surface area contributed by atoms with Gasteiger partial charge in [0, 0.05) is 23.9 Å². The van der Waals surface area contributed by atoms with Crippen LogP contribution < -0.4 is 0 Å². The monoisotopic (exact) mass is 322 g/mol. The molecule has 0 fully saturated rings. The van der Waals surface area contributed by atoms with Crippen molar-refractivity contribution in [1.29, 1.82) is 0 Å². The van der Waals surface area contributed by atoms with Crippen LogP contribution in [0.25, 0.3) is 10.4 Å². The molecule has 0 bridgehead atoms. The number of aliphatic hydroxyl groups is 1. The number of carbonyl (C=O) groups is 1. The maximum absolute atomic E-state index is 11.6. The zero-order valence-corrected chi connectivity index (χ0v) is 12.6. The Morgan fingerprint density at radius 1 is 1.39 bits per heavy atom. The molecule has 9 heteroatoms. The zero-order chi connectivity index (χ0) is 17.1. The van der Waals surface area contributed by atoms with Crippen LogP contribution in [0, 0.1) is 10.1 Å². The largest absolute Gasteiger partial charge is 0.461 e. The van der Waals surface area contributed by atoms with Gasteiger partial charge in [0.2, 0.25) is 0 Å². The number of unbranched alkanes of at least 4 members (excludes halogenated alkanes) is 2. The number of rotatable bonds is 10. The third-order valence-electron chi connectivity index (χ3n) is 3.12. The molecule has 0 spiro atoms. The molecule has 0 saturated heterocycles. The highest BCUT2D eigenvalue weighted by Crippen LogP contribution is 2.21. The molecule has 0 unspecified atom stereocenters. The lowest BCUT2D eigenvalue weighted by Crippen LogP contribution is -2.05. The topological polar surface area (TPSA) is 138 Å². The van der Waals surface area contributed by atoms with Crippen molar-refractivity contribution in [2.24, 2.45) is 5.11 Å². The first-order valence-electron chi connectivity index (χ1n) is 7.12. The number of nitrogens with zero attached hydrogens (tertiary/aromatic N) is 4.